The molecule has 3 rings (SSSR count). The molecule has 6 heteroatoms. The Bertz CT molecular complexity index is 1030. The summed E-state index contributed by atoms with van der Waals surface area (Å²) in [5, 5.41) is 11.9. The number of thiazole rings is 1. The highest BCUT2D eigenvalue weighted by Crippen LogP contribution is 2.38. The van der Waals surface area contributed by atoms with Gasteiger partial charge in [-0.25, -0.2) is 9.78 Å². The minimum absolute atomic E-state index is 0.185. The van der Waals surface area contributed by atoms with E-state index in [0.717, 1.165) is 17.0 Å². The van der Waals surface area contributed by atoms with Crippen LogP contribution in [0.1, 0.15) is 39.8 Å². The van der Waals surface area contributed by atoms with Gasteiger partial charge in [0.25, 0.3) is 0 Å². The predicted octanol–water partition coefficient (Wildman–Crippen LogP) is 4.57. The average molecular weight is 407 g/mol. The van der Waals surface area contributed by atoms with Gasteiger partial charge in [-0.05, 0) is 42.3 Å². The van der Waals surface area contributed by atoms with Crippen LogP contribution in [-0.4, -0.2) is 29.8 Å². The van der Waals surface area contributed by atoms with Gasteiger partial charge >= 0.3 is 5.97 Å². The maximum absolute atomic E-state index is 11.0. The number of carboxylic acid groups (broad SMARTS) is 1. The van der Waals surface area contributed by atoms with E-state index in [1.807, 2.05) is 29.6 Å². The first kappa shape index (κ1) is 20.6. The second kappa shape index (κ2) is 9.37. The van der Waals surface area contributed by atoms with Crippen molar-refractivity contribution in [3.05, 3.63) is 81.8 Å². The van der Waals surface area contributed by atoms with Crippen LogP contribution in [0, 0.1) is 11.8 Å². The molecule has 0 amide bonds. The van der Waals surface area contributed by atoms with Gasteiger partial charge in [0.2, 0.25) is 0 Å². The van der Waals surface area contributed by atoms with Crippen LogP contribution in [-0.2, 0) is 10.3 Å². The minimum Gasteiger partial charge on any atom is -0.481 e. The molecule has 0 fully saturated rings. The van der Waals surface area contributed by atoms with Crippen LogP contribution < -0.4 is 4.74 Å². The number of methoxy groups -OCH3 is 1. The maximum Gasteiger partial charge on any atom is 0.335 e. The van der Waals surface area contributed by atoms with Gasteiger partial charge in [-0.2, -0.15) is 0 Å². The lowest BCUT2D eigenvalue weighted by Crippen LogP contribution is -2.29. The predicted molar refractivity (Wildman–Crippen MR) is 112 cm³/mol. The zero-order valence-electron chi connectivity index (χ0n) is 16.2. The molecular weight excluding hydrogens is 386 g/mol. The number of aromatic carboxylic acids is 1. The van der Waals surface area contributed by atoms with Gasteiger partial charge in [-0.3, -0.25) is 0 Å². The van der Waals surface area contributed by atoms with Crippen LogP contribution in [0.15, 0.2) is 60.1 Å². The maximum atomic E-state index is 11.0. The van der Waals surface area contributed by atoms with E-state index in [4.69, 9.17) is 14.6 Å². The van der Waals surface area contributed by atoms with E-state index in [-0.39, 0.29) is 12.2 Å². The van der Waals surface area contributed by atoms with Crippen molar-refractivity contribution in [2.75, 3.05) is 13.7 Å². The quantitative estimate of drug-likeness (QED) is 0.581. The number of carbonyl (C=O) groups is 1. The van der Waals surface area contributed by atoms with Gasteiger partial charge in [0, 0.05) is 24.3 Å². The largest absolute Gasteiger partial charge is 0.481 e. The Morgan fingerprint density at radius 2 is 2.07 bits per heavy atom. The normalized spacial score (nSPS) is 12.5. The topological polar surface area (TPSA) is 68.7 Å². The molecule has 0 aliphatic carbocycles. The minimum atomic E-state index is -0.973. The van der Waals surface area contributed by atoms with Crippen LogP contribution in [0.5, 0.6) is 5.75 Å². The zero-order chi connectivity index (χ0) is 20.7. The van der Waals surface area contributed by atoms with Crippen molar-refractivity contribution < 1.29 is 19.4 Å². The highest BCUT2D eigenvalue weighted by atomic mass is 32.1. The van der Waals surface area contributed by atoms with Crippen molar-refractivity contribution in [3.63, 3.8) is 0 Å². The first-order valence-corrected chi connectivity index (χ1v) is 9.97. The molecule has 0 aliphatic heterocycles. The van der Waals surface area contributed by atoms with Gasteiger partial charge in [0.05, 0.1) is 5.56 Å². The molecule has 0 bridgehead atoms. The second-order valence-corrected chi connectivity index (χ2v) is 7.12. The van der Waals surface area contributed by atoms with Gasteiger partial charge in [-0.1, -0.05) is 37.0 Å². The Kier molecular flexibility index (Phi) is 6.65. The number of aromatic nitrogens is 1. The molecule has 2 aromatic carbocycles. The van der Waals surface area contributed by atoms with Crippen molar-refractivity contribution >= 4 is 17.3 Å². The lowest BCUT2D eigenvalue weighted by atomic mass is 9.91. The van der Waals surface area contributed by atoms with E-state index in [1.165, 1.54) is 12.1 Å². The third kappa shape index (κ3) is 4.65. The van der Waals surface area contributed by atoms with Crippen LogP contribution in [0.4, 0.5) is 0 Å². The summed E-state index contributed by atoms with van der Waals surface area (Å²) in [5.74, 6) is 5.56. The number of hydrogen-bond acceptors (Lipinski definition) is 5. The second-order valence-electron chi connectivity index (χ2n) is 6.23. The summed E-state index contributed by atoms with van der Waals surface area (Å²) in [6.07, 6.45) is 2.51. The summed E-state index contributed by atoms with van der Waals surface area (Å²) in [4.78, 5) is 15.5. The molecule has 0 spiro atoms. The van der Waals surface area contributed by atoms with E-state index < -0.39 is 11.6 Å². The lowest BCUT2D eigenvalue weighted by molar-refractivity contribution is 0.0182. The monoisotopic (exact) mass is 407 g/mol. The molecule has 5 nitrogen and oxygen atoms in total. The number of hydrogen-bond donors (Lipinski definition) is 1. The number of rotatable bonds is 7. The molecule has 148 valence electrons. The van der Waals surface area contributed by atoms with Crippen molar-refractivity contribution in [2.24, 2.45) is 0 Å². The van der Waals surface area contributed by atoms with Crippen molar-refractivity contribution in [3.8, 4) is 17.6 Å². The van der Waals surface area contributed by atoms with E-state index in [9.17, 15) is 4.79 Å². The summed E-state index contributed by atoms with van der Waals surface area (Å²) in [6.45, 7) is 2.25. The average Bonchev–Trinajstić information content (AvgIpc) is 3.28. The van der Waals surface area contributed by atoms with Crippen molar-refractivity contribution in [2.45, 2.75) is 18.9 Å². The molecule has 1 unspecified atom stereocenters. The fourth-order valence-electron chi connectivity index (χ4n) is 3.08. The lowest BCUT2D eigenvalue weighted by Gasteiger charge is -2.30. The van der Waals surface area contributed by atoms with E-state index in [2.05, 4.69) is 23.7 Å². The molecule has 0 saturated heterocycles. The molecule has 1 atom stereocenters. The number of benzene rings is 2. The summed E-state index contributed by atoms with van der Waals surface area (Å²) >= 11 is 1.56. The van der Waals surface area contributed by atoms with E-state index >= 15 is 0 Å². The van der Waals surface area contributed by atoms with Crippen molar-refractivity contribution in [1.29, 1.82) is 0 Å². The number of nitrogens with zero attached hydrogens (tertiary/aromatic N) is 1. The third-order valence-corrected chi connectivity index (χ3v) is 5.49. The number of ether oxygens (including phenoxy) is 2. The first-order chi connectivity index (χ1) is 14.1. The summed E-state index contributed by atoms with van der Waals surface area (Å²) in [7, 11) is 1.69. The zero-order valence-corrected chi connectivity index (χ0v) is 17.0. The van der Waals surface area contributed by atoms with Gasteiger partial charge < -0.3 is 14.6 Å². The molecule has 29 heavy (non-hydrogen) atoms. The van der Waals surface area contributed by atoms with E-state index in [1.54, 1.807) is 36.8 Å². The smallest absolute Gasteiger partial charge is 0.335 e. The molecule has 1 aromatic heterocycles. The van der Waals surface area contributed by atoms with Crippen LogP contribution in [0.3, 0.4) is 0 Å². The summed E-state index contributed by atoms with van der Waals surface area (Å²) < 4.78 is 11.7. The summed E-state index contributed by atoms with van der Waals surface area (Å²) in [6, 6.07) is 14.3. The summed E-state index contributed by atoms with van der Waals surface area (Å²) in [5.41, 5.74) is 1.20. The molecule has 0 radical (unpaired) electrons. The van der Waals surface area contributed by atoms with E-state index in [0.29, 0.717) is 11.3 Å². The fraction of sp³-hybridized carbons (Fsp3) is 0.217. The standard InChI is InChI=1S/C23H21NO4S/c1-3-23(27-2,22-24-12-14-29-22)19-10-5-11-20(16-19)28-13-6-8-17-7-4-9-18(15-17)21(25)26/h4-5,7,9-12,14-16H,3,13H2,1-2H3,(H,25,26). The highest BCUT2D eigenvalue weighted by molar-refractivity contribution is 7.09. The Morgan fingerprint density at radius 3 is 2.76 bits per heavy atom. The highest BCUT2D eigenvalue weighted by Gasteiger charge is 2.35. The Hall–Kier alpha value is -3.14. The van der Waals surface area contributed by atoms with Crippen LogP contribution in [0.2, 0.25) is 0 Å². The molecule has 1 N–H and O–H groups in total. The van der Waals surface area contributed by atoms with Gasteiger partial charge in [0.15, 0.2) is 0 Å². The van der Waals surface area contributed by atoms with Gasteiger partial charge in [0.1, 0.15) is 23.0 Å². The fourth-order valence-corrected chi connectivity index (χ4v) is 3.98. The molecular formula is C23H21NO4S. The van der Waals surface area contributed by atoms with Crippen molar-refractivity contribution in [1.82, 2.24) is 4.98 Å². The first-order valence-electron chi connectivity index (χ1n) is 9.09. The number of carboxylic acids is 1. The SMILES string of the molecule is CCC(OC)(c1cccc(OCC#Cc2cccc(C(=O)O)c2)c1)c1nccs1. The third-order valence-electron chi connectivity index (χ3n) is 4.58. The Balaban J connectivity index is 1.74. The Labute approximate surface area is 174 Å². The molecule has 1 heterocycles. The molecule has 0 aliphatic rings. The molecule has 0 saturated carbocycles. The molecule has 3 aromatic rings. The van der Waals surface area contributed by atoms with Crippen LogP contribution >= 0.6 is 11.3 Å². The van der Waals surface area contributed by atoms with Crippen LogP contribution in [0.25, 0.3) is 0 Å². The Morgan fingerprint density at radius 1 is 1.24 bits per heavy atom. The van der Waals surface area contributed by atoms with Gasteiger partial charge in [-0.15, -0.1) is 11.3 Å².